The molecule has 2 atom stereocenters. The van der Waals surface area contributed by atoms with Crippen LogP contribution >= 0.6 is 0 Å². The average Bonchev–Trinajstić information content (AvgIpc) is 2.31. The van der Waals surface area contributed by atoms with Crippen LogP contribution in [0.3, 0.4) is 0 Å². The van der Waals surface area contributed by atoms with Crippen LogP contribution in [0, 0.1) is 0 Å². The van der Waals surface area contributed by atoms with E-state index in [1.807, 2.05) is 0 Å². The van der Waals surface area contributed by atoms with E-state index in [2.05, 4.69) is 41.5 Å². The monoisotopic (exact) mass is 285 g/mol. The number of β-lactam (4-membered cyclic amide) rings is 1. The molecular weight excluding hydrogens is 258 g/mol. The first-order chi connectivity index (χ1) is 8.70. The van der Waals surface area contributed by atoms with Crippen LogP contribution in [-0.4, -0.2) is 44.6 Å². The minimum absolute atomic E-state index is 0.0593. The Kier molecular flexibility index (Phi) is 4.95. The van der Waals surface area contributed by atoms with Crippen LogP contribution in [0.1, 0.15) is 41.5 Å². The van der Waals surface area contributed by atoms with Crippen molar-refractivity contribution < 1.29 is 14.0 Å². The molecule has 5 heteroatoms. The zero-order chi connectivity index (χ0) is 15.0. The standard InChI is InChI=1S/C14H27NO3Si/c1-9(2)19(10(3)4,11(5)6)18-13-12(8-16)15(7)14(13)17/h8-13H,1-7H3/t12-,13+/m0/s1. The van der Waals surface area contributed by atoms with E-state index < -0.39 is 20.5 Å². The molecule has 110 valence electrons. The summed E-state index contributed by atoms with van der Waals surface area (Å²) < 4.78 is 6.36. The zero-order valence-electron chi connectivity index (χ0n) is 13.1. The molecule has 1 amide bonds. The van der Waals surface area contributed by atoms with Gasteiger partial charge in [0.2, 0.25) is 8.32 Å². The molecule has 1 fully saturated rings. The zero-order valence-corrected chi connectivity index (χ0v) is 14.1. The number of likely N-dealkylation sites (N-methyl/N-ethyl adjacent to an activating group) is 1. The lowest BCUT2D eigenvalue weighted by Gasteiger charge is -2.50. The van der Waals surface area contributed by atoms with Gasteiger partial charge in [0.15, 0.2) is 6.10 Å². The highest BCUT2D eigenvalue weighted by atomic mass is 28.4. The van der Waals surface area contributed by atoms with Gasteiger partial charge in [-0.05, 0) is 16.6 Å². The van der Waals surface area contributed by atoms with Crippen LogP contribution in [0.25, 0.3) is 0 Å². The fourth-order valence-corrected chi connectivity index (χ4v) is 9.02. The van der Waals surface area contributed by atoms with Gasteiger partial charge < -0.3 is 14.1 Å². The first-order valence-electron chi connectivity index (χ1n) is 7.09. The number of amides is 1. The molecule has 1 aliphatic heterocycles. The Labute approximate surface area is 117 Å². The lowest BCUT2D eigenvalue weighted by atomic mass is 10.0. The second kappa shape index (κ2) is 5.75. The molecule has 0 bridgehead atoms. The maximum absolute atomic E-state index is 11.9. The summed E-state index contributed by atoms with van der Waals surface area (Å²) in [5, 5.41) is 0. The van der Waals surface area contributed by atoms with Crippen LogP contribution in [0.4, 0.5) is 0 Å². The van der Waals surface area contributed by atoms with Crippen LogP contribution in [-0.2, 0) is 14.0 Å². The fraction of sp³-hybridized carbons (Fsp3) is 0.857. The SMILES string of the molecule is CC(C)[Si](O[C@H]1C(=O)N(C)[C@H]1C=O)(C(C)C)C(C)C. The lowest BCUT2D eigenvalue weighted by Crippen LogP contribution is -2.68. The fourth-order valence-electron chi connectivity index (χ4n) is 3.53. The molecule has 19 heavy (non-hydrogen) atoms. The summed E-state index contributed by atoms with van der Waals surface area (Å²) in [6.45, 7) is 13.1. The molecule has 0 spiro atoms. The van der Waals surface area contributed by atoms with Crippen molar-refractivity contribution in [3.05, 3.63) is 0 Å². The summed E-state index contributed by atoms with van der Waals surface area (Å²) in [7, 11) is -0.439. The predicted octanol–water partition coefficient (Wildman–Crippen LogP) is 2.59. The van der Waals surface area contributed by atoms with Crippen LogP contribution in [0.2, 0.25) is 16.6 Å². The van der Waals surface area contributed by atoms with Gasteiger partial charge >= 0.3 is 0 Å². The second-order valence-corrected chi connectivity index (χ2v) is 11.8. The van der Waals surface area contributed by atoms with E-state index in [4.69, 9.17) is 4.43 Å². The largest absolute Gasteiger partial charge is 0.402 e. The smallest absolute Gasteiger partial charge is 0.253 e. The van der Waals surface area contributed by atoms with Crippen molar-refractivity contribution in [3.63, 3.8) is 0 Å². The predicted molar refractivity (Wildman–Crippen MR) is 78.5 cm³/mol. The van der Waals surface area contributed by atoms with E-state index >= 15 is 0 Å². The van der Waals surface area contributed by atoms with Gasteiger partial charge in [0.05, 0.1) is 0 Å². The Morgan fingerprint density at radius 2 is 1.53 bits per heavy atom. The minimum atomic E-state index is -2.10. The third kappa shape index (κ3) is 2.50. The molecule has 1 saturated heterocycles. The van der Waals surface area contributed by atoms with Crippen molar-refractivity contribution in [2.75, 3.05) is 7.05 Å². The molecule has 0 aromatic rings. The summed E-state index contributed by atoms with van der Waals surface area (Å²) in [5.41, 5.74) is 1.25. The van der Waals surface area contributed by atoms with Gasteiger partial charge in [-0.1, -0.05) is 41.5 Å². The van der Waals surface area contributed by atoms with Crippen molar-refractivity contribution in [2.45, 2.75) is 70.3 Å². The molecule has 0 aromatic carbocycles. The molecule has 0 radical (unpaired) electrons. The minimum Gasteiger partial charge on any atom is -0.402 e. The van der Waals surface area contributed by atoms with Crippen molar-refractivity contribution in [1.82, 2.24) is 4.90 Å². The summed E-state index contributed by atoms with van der Waals surface area (Å²) in [4.78, 5) is 24.5. The number of hydrogen-bond donors (Lipinski definition) is 0. The van der Waals surface area contributed by atoms with Gasteiger partial charge in [0.25, 0.3) is 5.91 Å². The normalized spacial score (nSPS) is 24.3. The number of likely N-dealkylation sites (tertiary alicyclic amines) is 1. The molecule has 4 nitrogen and oxygen atoms in total. The molecule has 0 N–H and O–H groups in total. The molecule has 0 aliphatic carbocycles. The summed E-state index contributed by atoms with van der Waals surface area (Å²) in [6.07, 6.45) is 0.271. The molecule has 1 rings (SSSR count). The van der Waals surface area contributed by atoms with Gasteiger partial charge in [0.1, 0.15) is 12.3 Å². The van der Waals surface area contributed by atoms with E-state index in [0.717, 1.165) is 6.29 Å². The van der Waals surface area contributed by atoms with Gasteiger partial charge in [-0.3, -0.25) is 4.79 Å². The maximum atomic E-state index is 11.9. The Balaban J connectivity index is 3.02. The van der Waals surface area contributed by atoms with Crippen molar-refractivity contribution >= 4 is 20.5 Å². The Hall–Kier alpha value is -0.683. The van der Waals surface area contributed by atoms with Gasteiger partial charge in [-0.2, -0.15) is 0 Å². The van der Waals surface area contributed by atoms with Gasteiger partial charge in [-0.25, -0.2) is 0 Å². The van der Waals surface area contributed by atoms with E-state index in [1.165, 1.54) is 4.90 Å². The highest BCUT2D eigenvalue weighted by Crippen LogP contribution is 2.44. The van der Waals surface area contributed by atoms with Gasteiger partial charge in [0, 0.05) is 7.05 Å². The number of carbonyl (C=O) groups is 2. The second-order valence-electron chi connectivity index (χ2n) is 6.43. The molecule has 0 aromatic heterocycles. The van der Waals surface area contributed by atoms with Crippen molar-refractivity contribution in [1.29, 1.82) is 0 Å². The van der Waals surface area contributed by atoms with E-state index in [-0.39, 0.29) is 5.91 Å². The maximum Gasteiger partial charge on any atom is 0.253 e. The highest BCUT2D eigenvalue weighted by molar-refractivity contribution is 6.77. The van der Waals surface area contributed by atoms with Crippen LogP contribution in [0.5, 0.6) is 0 Å². The summed E-state index contributed by atoms with van der Waals surface area (Å²) in [5.74, 6) is -0.0593. The van der Waals surface area contributed by atoms with Gasteiger partial charge in [-0.15, -0.1) is 0 Å². The van der Waals surface area contributed by atoms with Crippen LogP contribution in [0.15, 0.2) is 0 Å². The average molecular weight is 285 g/mol. The van der Waals surface area contributed by atoms with Crippen molar-refractivity contribution in [2.24, 2.45) is 0 Å². The third-order valence-corrected chi connectivity index (χ3v) is 10.6. The van der Waals surface area contributed by atoms with Crippen LogP contribution < -0.4 is 0 Å². The number of aldehydes is 1. The molecule has 1 heterocycles. The Bertz CT molecular complexity index is 333. The Morgan fingerprint density at radius 1 is 1.11 bits per heavy atom. The summed E-state index contributed by atoms with van der Waals surface area (Å²) in [6, 6.07) is -0.407. The lowest BCUT2D eigenvalue weighted by molar-refractivity contribution is -0.163. The Morgan fingerprint density at radius 3 is 1.84 bits per heavy atom. The number of rotatable bonds is 6. The molecule has 0 saturated carbocycles. The number of nitrogens with zero attached hydrogens (tertiary/aromatic N) is 1. The topological polar surface area (TPSA) is 46.6 Å². The first-order valence-corrected chi connectivity index (χ1v) is 9.23. The molecule has 0 unspecified atom stereocenters. The number of hydrogen-bond acceptors (Lipinski definition) is 3. The molecular formula is C14H27NO3Si. The summed E-state index contributed by atoms with van der Waals surface area (Å²) >= 11 is 0. The number of carbonyl (C=O) groups excluding carboxylic acids is 2. The van der Waals surface area contributed by atoms with E-state index in [0.29, 0.717) is 16.6 Å². The third-order valence-electron chi connectivity index (χ3n) is 4.53. The van der Waals surface area contributed by atoms with E-state index in [1.54, 1.807) is 7.05 Å². The first kappa shape index (κ1) is 16.4. The van der Waals surface area contributed by atoms with E-state index in [9.17, 15) is 9.59 Å². The van der Waals surface area contributed by atoms with Crippen molar-refractivity contribution in [3.8, 4) is 0 Å². The highest BCUT2D eigenvalue weighted by Gasteiger charge is 2.54. The quantitative estimate of drug-likeness (QED) is 0.428. The molecule has 1 aliphatic rings.